The predicted molar refractivity (Wildman–Crippen MR) is 62.7 cm³/mol. The van der Waals surface area contributed by atoms with Crippen LogP contribution in [0.1, 0.15) is 20.7 Å². The van der Waals surface area contributed by atoms with Gasteiger partial charge in [0.2, 0.25) is 0 Å². The Morgan fingerprint density at radius 1 is 0.750 bits per heavy atom. The third kappa shape index (κ3) is 4.52. The highest BCUT2D eigenvalue weighted by Crippen LogP contribution is 2.06. The molecule has 0 radical (unpaired) electrons. The summed E-state index contributed by atoms with van der Waals surface area (Å²) in [6.45, 7) is 0. The van der Waals surface area contributed by atoms with Gasteiger partial charge in [0.25, 0.3) is 0 Å². The molecule has 0 aliphatic heterocycles. The van der Waals surface area contributed by atoms with E-state index in [0.29, 0.717) is 0 Å². The van der Waals surface area contributed by atoms with Crippen LogP contribution in [0.4, 0.5) is 9.59 Å². The number of urea groups is 2. The van der Waals surface area contributed by atoms with Crippen LogP contribution in [0, 0.1) is 0 Å². The minimum Gasteiger partial charge on any atom is -0.349 e. The van der Waals surface area contributed by atoms with Gasteiger partial charge in [-0.05, 0) is 24.3 Å². The lowest BCUT2D eigenvalue weighted by molar-refractivity contribution is 0.0324. The average molecular weight is 282 g/mol. The molecule has 1 aromatic carbocycles. The van der Waals surface area contributed by atoms with Gasteiger partial charge in [-0.15, -0.1) is 0 Å². The lowest BCUT2D eigenvalue weighted by Crippen LogP contribution is -2.32. The normalized spacial score (nSPS) is 9.20. The van der Waals surface area contributed by atoms with E-state index in [4.69, 9.17) is 11.5 Å². The Morgan fingerprint density at radius 3 is 1.30 bits per heavy atom. The summed E-state index contributed by atoms with van der Waals surface area (Å²) in [5.74, 6) is -1.75. The second kappa shape index (κ2) is 6.58. The van der Waals surface area contributed by atoms with Gasteiger partial charge in [0, 0.05) is 0 Å². The molecule has 0 fully saturated rings. The smallest absolute Gasteiger partial charge is 0.349 e. The van der Waals surface area contributed by atoms with Crippen molar-refractivity contribution in [1.29, 1.82) is 0 Å². The Kier molecular flexibility index (Phi) is 4.86. The molecule has 1 aromatic rings. The number of nitrogens with one attached hydrogen (secondary N) is 2. The Balaban J connectivity index is 2.63. The highest BCUT2D eigenvalue weighted by molar-refractivity contribution is 5.94. The lowest BCUT2D eigenvalue weighted by Gasteiger charge is -2.05. The topological polar surface area (TPSA) is 163 Å². The molecular weight excluding hydrogens is 272 g/mol. The van der Waals surface area contributed by atoms with Crippen molar-refractivity contribution in [2.24, 2.45) is 11.5 Å². The molecule has 1 rings (SSSR count). The predicted octanol–water partition coefficient (Wildman–Crippen LogP) is -0.833. The monoisotopic (exact) mass is 282 g/mol. The van der Waals surface area contributed by atoms with Crippen molar-refractivity contribution in [1.82, 2.24) is 11.0 Å². The molecule has 0 aliphatic carbocycles. The van der Waals surface area contributed by atoms with Gasteiger partial charge >= 0.3 is 24.0 Å². The number of hydrogen-bond donors (Lipinski definition) is 4. The van der Waals surface area contributed by atoms with Crippen LogP contribution < -0.4 is 22.4 Å². The second-order valence-corrected chi connectivity index (χ2v) is 3.29. The van der Waals surface area contributed by atoms with Crippen LogP contribution in [0.2, 0.25) is 0 Å². The summed E-state index contributed by atoms with van der Waals surface area (Å²) >= 11 is 0. The molecule has 0 spiro atoms. The molecule has 10 heteroatoms. The Labute approximate surface area is 111 Å². The van der Waals surface area contributed by atoms with Gasteiger partial charge in [-0.2, -0.15) is 11.0 Å². The fraction of sp³-hybridized carbons (Fsp3) is 0. The molecule has 20 heavy (non-hydrogen) atoms. The van der Waals surface area contributed by atoms with Crippen molar-refractivity contribution in [3.63, 3.8) is 0 Å². The fourth-order valence-corrected chi connectivity index (χ4v) is 1.05. The van der Waals surface area contributed by atoms with E-state index in [1.165, 1.54) is 24.3 Å². The summed E-state index contributed by atoms with van der Waals surface area (Å²) in [6, 6.07) is 2.90. The number of amides is 4. The van der Waals surface area contributed by atoms with Crippen LogP contribution >= 0.6 is 0 Å². The van der Waals surface area contributed by atoms with Gasteiger partial charge in [0.1, 0.15) is 0 Å². The summed E-state index contributed by atoms with van der Waals surface area (Å²) in [5.41, 5.74) is 12.8. The van der Waals surface area contributed by atoms with Crippen molar-refractivity contribution in [3.05, 3.63) is 35.4 Å². The number of hydroxylamine groups is 2. The van der Waals surface area contributed by atoms with E-state index in [0.717, 1.165) is 0 Å². The minimum atomic E-state index is -1.03. The van der Waals surface area contributed by atoms with Crippen LogP contribution in [0.15, 0.2) is 24.3 Å². The highest BCUT2D eigenvalue weighted by Gasteiger charge is 2.12. The zero-order valence-corrected chi connectivity index (χ0v) is 9.91. The van der Waals surface area contributed by atoms with Crippen molar-refractivity contribution in [3.8, 4) is 0 Å². The van der Waals surface area contributed by atoms with Gasteiger partial charge in [0.05, 0.1) is 11.1 Å². The summed E-state index contributed by atoms with van der Waals surface area (Å²) in [5, 5.41) is 0. The van der Waals surface area contributed by atoms with Crippen molar-refractivity contribution in [2.45, 2.75) is 0 Å². The highest BCUT2D eigenvalue weighted by atomic mass is 16.7. The minimum absolute atomic E-state index is 0.0539. The number of nitrogens with two attached hydrogens (primary N) is 2. The van der Waals surface area contributed by atoms with Gasteiger partial charge < -0.3 is 21.1 Å². The number of benzene rings is 1. The average Bonchev–Trinajstić information content (AvgIpc) is 2.42. The van der Waals surface area contributed by atoms with Crippen LogP contribution in [-0.2, 0) is 9.68 Å². The summed E-state index contributed by atoms with van der Waals surface area (Å²) in [4.78, 5) is 52.0. The van der Waals surface area contributed by atoms with E-state index in [1.807, 2.05) is 0 Å². The van der Waals surface area contributed by atoms with Gasteiger partial charge in [-0.25, -0.2) is 19.2 Å². The van der Waals surface area contributed by atoms with E-state index < -0.39 is 24.0 Å². The van der Waals surface area contributed by atoms with E-state index in [1.54, 1.807) is 11.0 Å². The molecule has 0 atom stereocenters. The number of primary amides is 2. The number of rotatable bonds is 2. The first-order valence-corrected chi connectivity index (χ1v) is 5.03. The molecule has 0 aromatic heterocycles. The molecule has 6 N–H and O–H groups in total. The fourth-order valence-electron chi connectivity index (χ4n) is 1.05. The number of carbonyl (C=O) groups is 4. The van der Waals surface area contributed by atoms with E-state index in [-0.39, 0.29) is 11.1 Å². The van der Waals surface area contributed by atoms with Crippen molar-refractivity contribution >= 4 is 24.0 Å². The Hall–Kier alpha value is -3.30. The Morgan fingerprint density at radius 2 is 1.05 bits per heavy atom. The molecule has 0 bridgehead atoms. The molecule has 10 nitrogen and oxygen atoms in total. The van der Waals surface area contributed by atoms with Crippen LogP contribution in [0.25, 0.3) is 0 Å². The third-order valence-electron chi connectivity index (χ3n) is 1.84. The first kappa shape index (κ1) is 14.8. The van der Waals surface area contributed by atoms with E-state index >= 15 is 0 Å². The van der Waals surface area contributed by atoms with Gasteiger partial charge in [-0.1, -0.05) is 0 Å². The van der Waals surface area contributed by atoms with Crippen LogP contribution in [0.5, 0.6) is 0 Å². The van der Waals surface area contributed by atoms with Gasteiger partial charge in [0.15, 0.2) is 0 Å². The zero-order chi connectivity index (χ0) is 15.1. The molecule has 4 amide bonds. The quantitative estimate of drug-likeness (QED) is 0.517. The maximum absolute atomic E-state index is 11.4. The molecular formula is C10H10N4O6. The maximum Gasteiger partial charge on any atom is 0.363 e. The first-order chi connectivity index (χ1) is 9.40. The second-order valence-electron chi connectivity index (χ2n) is 3.29. The molecule has 106 valence electrons. The number of hydrogen-bond acceptors (Lipinski definition) is 6. The van der Waals surface area contributed by atoms with Gasteiger partial charge in [-0.3, -0.25) is 0 Å². The van der Waals surface area contributed by atoms with Crippen LogP contribution in [-0.4, -0.2) is 24.0 Å². The first-order valence-electron chi connectivity index (χ1n) is 5.03. The molecule has 0 heterocycles. The summed E-state index contributed by atoms with van der Waals surface area (Å²) in [7, 11) is 0. The van der Waals surface area contributed by atoms with Crippen molar-refractivity contribution in [2.75, 3.05) is 0 Å². The molecule has 0 aliphatic rings. The summed E-state index contributed by atoms with van der Waals surface area (Å²) < 4.78 is 0. The zero-order valence-electron chi connectivity index (χ0n) is 9.91. The standard InChI is InChI=1S/C10H10N4O6/c11-9(17)13-19-7(15)5-1-2-6(4-3-5)8(16)20-14-10(12)18/h1-4H,(H3,11,13,17)(H3,12,14,18). The molecule has 0 saturated heterocycles. The maximum atomic E-state index is 11.4. The van der Waals surface area contributed by atoms with E-state index in [2.05, 4.69) is 9.68 Å². The number of carbonyl (C=O) groups excluding carboxylic acids is 4. The SMILES string of the molecule is NC(=O)NOC(=O)c1ccc(C(=O)ONC(N)=O)cc1. The Bertz CT molecular complexity index is 492. The van der Waals surface area contributed by atoms with Crippen molar-refractivity contribution < 1.29 is 28.9 Å². The lowest BCUT2D eigenvalue weighted by atomic mass is 10.1. The van der Waals surface area contributed by atoms with Crippen LogP contribution in [0.3, 0.4) is 0 Å². The third-order valence-corrected chi connectivity index (χ3v) is 1.84. The molecule has 0 saturated carbocycles. The molecule has 0 unspecified atom stereocenters. The van der Waals surface area contributed by atoms with E-state index in [9.17, 15) is 19.2 Å². The largest absolute Gasteiger partial charge is 0.363 e. The summed E-state index contributed by atoms with van der Waals surface area (Å²) in [6.07, 6.45) is 0.